The topological polar surface area (TPSA) is 78.4 Å². The number of rotatable bonds is 8. The zero-order chi connectivity index (χ0) is 17.6. The molecule has 3 atom stereocenters. The van der Waals surface area contributed by atoms with Gasteiger partial charge in [0.05, 0.1) is 10.5 Å². The molecular formula is C17H28N2O3S. The maximum absolute atomic E-state index is 12.4. The van der Waals surface area contributed by atoms with Gasteiger partial charge in [0, 0.05) is 6.54 Å². The highest BCUT2D eigenvalue weighted by Gasteiger charge is 2.30. The highest BCUT2D eigenvalue weighted by Crippen LogP contribution is 2.19. The van der Waals surface area contributed by atoms with Crippen LogP contribution in [0.1, 0.15) is 50.7 Å². The normalized spacial score (nSPS) is 16.5. The van der Waals surface area contributed by atoms with Crippen molar-refractivity contribution in [1.29, 1.82) is 0 Å². The highest BCUT2D eigenvalue weighted by molar-refractivity contribution is 7.12. The molecule has 1 heterocycles. The molecule has 5 nitrogen and oxygen atoms in total. The first-order valence-corrected chi connectivity index (χ1v) is 8.91. The molecule has 0 unspecified atom stereocenters. The van der Waals surface area contributed by atoms with Crippen LogP contribution in [0.25, 0.3) is 0 Å². The monoisotopic (exact) mass is 340 g/mol. The van der Waals surface area contributed by atoms with Gasteiger partial charge in [-0.3, -0.25) is 9.59 Å². The van der Waals surface area contributed by atoms with E-state index in [1.54, 1.807) is 19.1 Å². The fraction of sp³-hybridized carbons (Fsp3) is 0.647. The van der Waals surface area contributed by atoms with Gasteiger partial charge in [-0.1, -0.05) is 40.2 Å². The smallest absolute Gasteiger partial charge is 0.262 e. The van der Waals surface area contributed by atoms with Crippen LogP contribution >= 0.6 is 11.3 Å². The van der Waals surface area contributed by atoms with Crippen molar-refractivity contribution in [2.75, 3.05) is 6.54 Å². The van der Waals surface area contributed by atoms with E-state index in [-0.39, 0.29) is 30.2 Å². The zero-order valence-electron chi connectivity index (χ0n) is 14.6. The second-order valence-corrected chi connectivity index (χ2v) is 7.50. The number of hydrogen-bond donors (Lipinski definition) is 3. The summed E-state index contributed by atoms with van der Waals surface area (Å²) in [5.74, 6) is -0.496. The Hall–Kier alpha value is -1.40. The largest absolute Gasteiger partial charge is 0.388 e. The number of thiophene rings is 1. The summed E-state index contributed by atoms with van der Waals surface area (Å²) in [7, 11) is 0. The van der Waals surface area contributed by atoms with Gasteiger partial charge >= 0.3 is 0 Å². The molecule has 130 valence electrons. The summed E-state index contributed by atoms with van der Waals surface area (Å²) >= 11 is 1.34. The Balaban J connectivity index is 2.67. The number of aliphatic hydroxyl groups is 1. The van der Waals surface area contributed by atoms with Gasteiger partial charge in [-0.2, -0.15) is 0 Å². The molecule has 23 heavy (non-hydrogen) atoms. The molecular weight excluding hydrogens is 312 g/mol. The minimum Gasteiger partial charge on any atom is -0.388 e. The Kier molecular flexibility index (Phi) is 7.22. The van der Waals surface area contributed by atoms with Gasteiger partial charge in [-0.15, -0.1) is 11.3 Å². The van der Waals surface area contributed by atoms with Crippen LogP contribution in [-0.4, -0.2) is 35.1 Å². The van der Waals surface area contributed by atoms with E-state index < -0.39 is 11.6 Å². The Morgan fingerprint density at radius 3 is 2.48 bits per heavy atom. The van der Waals surface area contributed by atoms with E-state index >= 15 is 0 Å². The first-order valence-electron chi connectivity index (χ1n) is 8.03. The molecule has 1 aromatic heterocycles. The van der Waals surface area contributed by atoms with E-state index in [1.165, 1.54) is 11.3 Å². The van der Waals surface area contributed by atoms with Crippen molar-refractivity contribution in [3.05, 3.63) is 22.4 Å². The Bertz CT molecular complexity index is 512. The first kappa shape index (κ1) is 19.6. The van der Waals surface area contributed by atoms with E-state index in [4.69, 9.17) is 0 Å². The van der Waals surface area contributed by atoms with Crippen molar-refractivity contribution in [2.24, 2.45) is 11.8 Å². The minimum atomic E-state index is -0.969. The second-order valence-electron chi connectivity index (χ2n) is 6.56. The van der Waals surface area contributed by atoms with Crippen LogP contribution < -0.4 is 10.6 Å². The maximum Gasteiger partial charge on any atom is 0.262 e. The average Bonchev–Trinajstić information content (AvgIpc) is 3.03. The van der Waals surface area contributed by atoms with Crippen LogP contribution in [0.15, 0.2) is 17.5 Å². The summed E-state index contributed by atoms with van der Waals surface area (Å²) in [6.45, 7) is 9.59. The SMILES string of the molecule is CC[C@H](C)[C@](C)(O)CNC(=O)[C@@H](NC(=O)c1cccs1)C(C)C. The van der Waals surface area contributed by atoms with E-state index in [1.807, 2.05) is 33.1 Å². The Morgan fingerprint density at radius 2 is 2.00 bits per heavy atom. The molecule has 0 bridgehead atoms. The predicted molar refractivity (Wildman–Crippen MR) is 93.5 cm³/mol. The van der Waals surface area contributed by atoms with Gasteiger partial charge in [0.15, 0.2) is 0 Å². The molecule has 2 amide bonds. The lowest BCUT2D eigenvalue weighted by molar-refractivity contribution is -0.125. The predicted octanol–water partition coefficient (Wildman–Crippen LogP) is 2.42. The average molecular weight is 340 g/mol. The van der Waals surface area contributed by atoms with E-state index in [0.29, 0.717) is 4.88 Å². The molecule has 6 heteroatoms. The van der Waals surface area contributed by atoms with Crippen molar-refractivity contribution in [3.8, 4) is 0 Å². The van der Waals surface area contributed by atoms with Crippen LogP contribution in [0.5, 0.6) is 0 Å². The van der Waals surface area contributed by atoms with Gasteiger partial charge in [-0.05, 0) is 30.2 Å². The number of amides is 2. The van der Waals surface area contributed by atoms with E-state index in [9.17, 15) is 14.7 Å². The lowest BCUT2D eigenvalue weighted by atomic mass is 9.88. The molecule has 0 aliphatic carbocycles. The van der Waals surface area contributed by atoms with Crippen molar-refractivity contribution >= 4 is 23.2 Å². The van der Waals surface area contributed by atoms with Gasteiger partial charge in [0.25, 0.3) is 5.91 Å². The van der Waals surface area contributed by atoms with Gasteiger partial charge in [-0.25, -0.2) is 0 Å². The van der Waals surface area contributed by atoms with Gasteiger partial charge in [0.2, 0.25) is 5.91 Å². The van der Waals surface area contributed by atoms with E-state index in [2.05, 4.69) is 10.6 Å². The first-order chi connectivity index (χ1) is 10.7. The molecule has 1 aromatic rings. The highest BCUT2D eigenvalue weighted by atomic mass is 32.1. The molecule has 0 saturated carbocycles. The summed E-state index contributed by atoms with van der Waals surface area (Å²) in [5, 5.41) is 17.8. The van der Waals surface area contributed by atoms with E-state index in [0.717, 1.165) is 6.42 Å². The molecule has 0 aliphatic heterocycles. The van der Waals surface area contributed by atoms with Crippen LogP contribution in [0.4, 0.5) is 0 Å². The Labute approximate surface area is 142 Å². The number of hydrogen-bond acceptors (Lipinski definition) is 4. The number of nitrogens with one attached hydrogen (secondary N) is 2. The summed E-state index contributed by atoms with van der Waals surface area (Å²) in [6.07, 6.45) is 0.825. The fourth-order valence-electron chi connectivity index (χ4n) is 2.15. The second kappa shape index (κ2) is 8.45. The van der Waals surface area contributed by atoms with Crippen molar-refractivity contribution in [1.82, 2.24) is 10.6 Å². The third-order valence-electron chi connectivity index (χ3n) is 4.28. The molecule has 0 fully saturated rings. The number of carbonyl (C=O) groups excluding carboxylic acids is 2. The minimum absolute atomic E-state index is 0.0486. The Morgan fingerprint density at radius 1 is 1.35 bits per heavy atom. The summed E-state index contributed by atoms with van der Waals surface area (Å²) < 4.78 is 0. The third kappa shape index (κ3) is 5.62. The van der Waals surface area contributed by atoms with Gasteiger partial charge in [0.1, 0.15) is 6.04 Å². The van der Waals surface area contributed by atoms with Crippen molar-refractivity contribution in [2.45, 2.75) is 52.7 Å². The lowest BCUT2D eigenvalue weighted by Crippen LogP contribution is -2.53. The molecule has 3 N–H and O–H groups in total. The lowest BCUT2D eigenvalue weighted by Gasteiger charge is -2.31. The quantitative estimate of drug-likeness (QED) is 0.680. The molecule has 0 spiro atoms. The molecule has 0 aromatic carbocycles. The fourth-order valence-corrected chi connectivity index (χ4v) is 2.77. The molecule has 0 aliphatic rings. The van der Waals surface area contributed by atoms with Crippen LogP contribution in [0, 0.1) is 11.8 Å². The molecule has 1 rings (SSSR count). The van der Waals surface area contributed by atoms with Crippen LogP contribution in [-0.2, 0) is 4.79 Å². The van der Waals surface area contributed by atoms with Gasteiger partial charge < -0.3 is 15.7 Å². The number of carbonyl (C=O) groups is 2. The molecule has 0 saturated heterocycles. The summed E-state index contributed by atoms with van der Waals surface area (Å²) in [4.78, 5) is 25.1. The van der Waals surface area contributed by atoms with Crippen molar-refractivity contribution < 1.29 is 14.7 Å². The third-order valence-corrected chi connectivity index (χ3v) is 5.14. The summed E-state index contributed by atoms with van der Waals surface area (Å²) in [6, 6.07) is 2.90. The standard InChI is InChI=1S/C17H28N2O3S/c1-6-12(4)17(5,22)10-18-16(21)14(11(2)3)19-15(20)13-8-7-9-23-13/h7-9,11-12,14,22H,6,10H2,1-5H3,(H,18,21)(H,19,20)/t12-,14-,17+/m0/s1. The maximum atomic E-state index is 12.4. The van der Waals surface area contributed by atoms with Crippen LogP contribution in [0.2, 0.25) is 0 Å². The zero-order valence-corrected chi connectivity index (χ0v) is 15.4. The summed E-state index contributed by atoms with van der Waals surface area (Å²) in [5.41, 5.74) is -0.969. The van der Waals surface area contributed by atoms with Crippen LogP contribution in [0.3, 0.4) is 0 Å². The van der Waals surface area contributed by atoms with Crippen molar-refractivity contribution in [3.63, 3.8) is 0 Å². The molecule has 0 radical (unpaired) electrons.